The number of hydrogen-bond donors (Lipinski definition) is 2. The predicted octanol–water partition coefficient (Wildman–Crippen LogP) is 1.41. The molecule has 0 heterocycles. The fourth-order valence-corrected chi connectivity index (χ4v) is 3.06. The molecule has 2 fully saturated rings. The Hall–Kier alpha value is -1.60. The summed E-state index contributed by atoms with van der Waals surface area (Å²) in [6.45, 7) is 0.847. The van der Waals surface area contributed by atoms with Gasteiger partial charge in [-0.05, 0) is 49.8 Å². The van der Waals surface area contributed by atoms with Crippen molar-refractivity contribution in [3.05, 3.63) is 23.8 Å². The summed E-state index contributed by atoms with van der Waals surface area (Å²) in [5.41, 5.74) is 0.610. The van der Waals surface area contributed by atoms with Gasteiger partial charge < -0.3 is 10.0 Å². The topological polar surface area (TPSA) is 101 Å². The number of benzene rings is 1. The molecule has 0 bridgehead atoms. The van der Waals surface area contributed by atoms with Crippen LogP contribution in [0.15, 0.2) is 23.1 Å². The van der Waals surface area contributed by atoms with Crippen molar-refractivity contribution in [2.24, 2.45) is 11.1 Å². The molecule has 1 aromatic carbocycles. The van der Waals surface area contributed by atoms with Crippen molar-refractivity contribution in [1.82, 2.24) is 0 Å². The molecular formula is C14H18N2O4S. The molecule has 7 heteroatoms. The average molecular weight is 310 g/mol. The third-order valence-corrected chi connectivity index (χ3v) is 4.89. The monoisotopic (exact) mass is 310 g/mol. The summed E-state index contributed by atoms with van der Waals surface area (Å²) < 4.78 is 22.8. The van der Waals surface area contributed by atoms with E-state index in [1.807, 2.05) is 0 Å². The van der Waals surface area contributed by atoms with E-state index in [9.17, 15) is 18.3 Å². The lowest BCUT2D eigenvalue weighted by atomic mass is 10.1. The molecule has 0 atom stereocenters. The first-order valence-electron chi connectivity index (χ1n) is 7.03. The number of carboxylic acid groups (broad SMARTS) is 1. The number of aromatic carboxylic acids is 1. The van der Waals surface area contributed by atoms with Crippen LogP contribution in [0.2, 0.25) is 0 Å². The lowest BCUT2D eigenvalue weighted by molar-refractivity contribution is 0.0697. The number of anilines is 1. The predicted molar refractivity (Wildman–Crippen MR) is 77.9 cm³/mol. The number of carbonyl (C=O) groups is 1. The largest absolute Gasteiger partial charge is 0.478 e. The number of sulfonamides is 1. The van der Waals surface area contributed by atoms with Gasteiger partial charge in [-0.1, -0.05) is 0 Å². The van der Waals surface area contributed by atoms with Gasteiger partial charge in [-0.3, -0.25) is 0 Å². The third-order valence-electron chi connectivity index (χ3n) is 3.98. The Balaban J connectivity index is 2.01. The number of carboxylic acids is 1. The highest BCUT2D eigenvalue weighted by atomic mass is 32.2. The van der Waals surface area contributed by atoms with Gasteiger partial charge in [0.25, 0.3) is 0 Å². The first kappa shape index (κ1) is 14.3. The summed E-state index contributed by atoms with van der Waals surface area (Å²) in [4.78, 5) is 13.4. The average Bonchev–Trinajstić information content (AvgIpc) is 3.25. The highest BCUT2D eigenvalue weighted by Gasteiger charge is 2.35. The molecule has 0 saturated heterocycles. The Kier molecular flexibility index (Phi) is 3.41. The Bertz CT molecular complexity index is 678. The Morgan fingerprint density at radius 3 is 2.43 bits per heavy atom. The molecule has 2 saturated carbocycles. The summed E-state index contributed by atoms with van der Waals surface area (Å²) in [5.74, 6) is -0.498. The van der Waals surface area contributed by atoms with Crippen molar-refractivity contribution in [2.75, 3.05) is 11.4 Å². The Morgan fingerprint density at radius 2 is 1.95 bits per heavy atom. The van der Waals surface area contributed by atoms with Gasteiger partial charge in [0.15, 0.2) is 0 Å². The number of hydrogen-bond acceptors (Lipinski definition) is 4. The van der Waals surface area contributed by atoms with Crippen LogP contribution in [0.3, 0.4) is 0 Å². The molecule has 2 aliphatic rings. The highest BCUT2D eigenvalue weighted by Crippen LogP contribution is 2.39. The molecule has 114 valence electrons. The van der Waals surface area contributed by atoms with Crippen molar-refractivity contribution in [1.29, 1.82) is 0 Å². The molecule has 3 rings (SSSR count). The summed E-state index contributed by atoms with van der Waals surface area (Å²) in [7, 11) is -3.90. The molecule has 0 radical (unpaired) electrons. The van der Waals surface area contributed by atoms with E-state index in [-0.39, 0.29) is 10.5 Å². The lowest BCUT2D eigenvalue weighted by Gasteiger charge is -2.26. The van der Waals surface area contributed by atoms with Crippen molar-refractivity contribution in [3.63, 3.8) is 0 Å². The van der Waals surface area contributed by atoms with Crippen LogP contribution in [0.1, 0.15) is 36.0 Å². The van der Waals surface area contributed by atoms with E-state index in [0.717, 1.165) is 25.5 Å². The van der Waals surface area contributed by atoms with E-state index in [1.165, 1.54) is 18.9 Å². The van der Waals surface area contributed by atoms with Gasteiger partial charge >= 0.3 is 5.97 Å². The molecule has 21 heavy (non-hydrogen) atoms. The normalized spacial score (nSPS) is 18.5. The van der Waals surface area contributed by atoms with Gasteiger partial charge in [-0.15, -0.1) is 0 Å². The van der Waals surface area contributed by atoms with Gasteiger partial charge in [0, 0.05) is 12.6 Å². The van der Waals surface area contributed by atoms with Crippen molar-refractivity contribution < 1.29 is 18.3 Å². The molecular weight excluding hydrogens is 292 g/mol. The van der Waals surface area contributed by atoms with Gasteiger partial charge in [-0.25, -0.2) is 18.4 Å². The first-order valence-corrected chi connectivity index (χ1v) is 8.57. The lowest BCUT2D eigenvalue weighted by Crippen LogP contribution is -2.30. The van der Waals surface area contributed by atoms with Crippen LogP contribution in [-0.2, 0) is 10.0 Å². The SMILES string of the molecule is NS(=O)(=O)c1ccc(N(CC2CC2)C2CC2)c(C(=O)O)c1. The highest BCUT2D eigenvalue weighted by molar-refractivity contribution is 7.89. The second-order valence-corrected chi connectivity index (χ2v) is 7.42. The van der Waals surface area contributed by atoms with E-state index in [1.54, 1.807) is 6.07 Å². The maximum absolute atomic E-state index is 11.5. The third kappa shape index (κ3) is 3.19. The van der Waals surface area contributed by atoms with Crippen molar-refractivity contribution in [2.45, 2.75) is 36.6 Å². The van der Waals surface area contributed by atoms with Crippen molar-refractivity contribution in [3.8, 4) is 0 Å². The molecule has 0 spiro atoms. The number of nitrogens with zero attached hydrogens (tertiary/aromatic N) is 1. The maximum Gasteiger partial charge on any atom is 0.337 e. The zero-order valence-electron chi connectivity index (χ0n) is 11.5. The minimum atomic E-state index is -3.90. The Labute approximate surface area is 123 Å². The van der Waals surface area contributed by atoms with E-state index in [0.29, 0.717) is 17.6 Å². The summed E-state index contributed by atoms with van der Waals surface area (Å²) in [6.07, 6.45) is 4.48. The van der Waals surface area contributed by atoms with Crippen LogP contribution < -0.4 is 10.0 Å². The van der Waals surface area contributed by atoms with Crippen LogP contribution in [0.4, 0.5) is 5.69 Å². The first-order chi connectivity index (χ1) is 9.86. The van der Waals surface area contributed by atoms with E-state index in [4.69, 9.17) is 5.14 Å². The minimum absolute atomic E-state index is 0.00840. The van der Waals surface area contributed by atoms with E-state index in [2.05, 4.69) is 4.90 Å². The van der Waals surface area contributed by atoms with Crippen LogP contribution >= 0.6 is 0 Å². The Morgan fingerprint density at radius 1 is 1.29 bits per heavy atom. The van der Waals surface area contributed by atoms with Crippen molar-refractivity contribution >= 4 is 21.7 Å². The van der Waals surface area contributed by atoms with Gasteiger partial charge in [0.05, 0.1) is 16.1 Å². The smallest absolute Gasteiger partial charge is 0.337 e. The zero-order valence-corrected chi connectivity index (χ0v) is 12.3. The van der Waals surface area contributed by atoms with Gasteiger partial charge in [-0.2, -0.15) is 0 Å². The van der Waals surface area contributed by atoms with Gasteiger partial charge in [0.2, 0.25) is 10.0 Å². The summed E-state index contributed by atoms with van der Waals surface area (Å²) >= 11 is 0. The standard InChI is InChI=1S/C14H18N2O4S/c15-21(19,20)11-5-6-13(12(7-11)14(17)18)16(10-3-4-10)8-9-1-2-9/h5-7,9-10H,1-4,8H2,(H,17,18)(H2,15,19,20). The number of nitrogens with two attached hydrogens (primary N) is 1. The quantitative estimate of drug-likeness (QED) is 0.827. The number of rotatable bonds is 6. The fourth-order valence-electron chi connectivity index (χ4n) is 2.52. The van der Waals surface area contributed by atoms with E-state index < -0.39 is 16.0 Å². The maximum atomic E-state index is 11.5. The molecule has 1 aromatic rings. The molecule has 2 aliphatic carbocycles. The molecule has 6 nitrogen and oxygen atoms in total. The van der Waals surface area contributed by atoms with Crippen LogP contribution in [0.5, 0.6) is 0 Å². The molecule has 0 aliphatic heterocycles. The second kappa shape index (κ2) is 4.99. The summed E-state index contributed by atoms with van der Waals surface area (Å²) in [5, 5.41) is 14.5. The molecule has 0 aromatic heterocycles. The second-order valence-electron chi connectivity index (χ2n) is 5.86. The van der Waals surface area contributed by atoms with Gasteiger partial charge in [0.1, 0.15) is 0 Å². The minimum Gasteiger partial charge on any atom is -0.478 e. The van der Waals surface area contributed by atoms with Crippen LogP contribution in [0, 0.1) is 5.92 Å². The van der Waals surface area contributed by atoms with Crippen LogP contribution in [-0.4, -0.2) is 32.1 Å². The van der Waals surface area contributed by atoms with Crippen LogP contribution in [0.25, 0.3) is 0 Å². The molecule has 3 N–H and O–H groups in total. The number of primary sulfonamides is 1. The molecule has 0 unspecified atom stereocenters. The summed E-state index contributed by atoms with van der Waals surface area (Å²) in [6, 6.07) is 4.50. The van der Waals surface area contributed by atoms with E-state index >= 15 is 0 Å². The molecule has 0 amide bonds. The fraction of sp³-hybridized carbons (Fsp3) is 0.500. The zero-order chi connectivity index (χ0) is 15.2.